The summed E-state index contributed by atoms with van der Waals surface area (Å²) < 4.78 is 1.05. The second kappa shape index (κ2) is 5.94. The first kappa shape index (κ1) is 13.0. The fourth-order valence-corrected chi connectivity index (χ4v) is 2.91. The van der Waals surface area contributed by atoms with Crippen LogP contribution in [0.1, 0.15) is 31.2 Å². The maximum absolute atomic E-state index is 5.93. The molecule has 2 rings (SSSR count). The van der Waals surface area contributed by atoms with Crippen molar-refractivity contribution in [1.29, 1.82) is 0 Å². The van der Waals surface area contributed by atoms with E-state index in [1.165, 1.54) is 18.4 Å². The summed E-state index contributed by atoms with van der Waals surface area (Å²) in [6.07, 6.45) is 8.52. The van der Waals surface area contributed by atoms with Gasteiger partial charge in [-0.05, 0) is 60.3 Å². The summed E-state index contributed by atoms with van der Waals surface area (Å²) in [4.78, 5) is 6.63. The molecular weight excluding hydrogens is 278 g/mol. The number of pyridine rings is 1. The molecule has 0 unspecified atom stereocenters. The molecule has 94 valence electrons. The maximum Gasteiger partial charge on any atom is 0.0410 e. The lowest BCUT2D eigenvalue weighted by molar-refractivity contribution is 0.176. The minimum absolute atomic E-state index is 0.423. The molecule has 1 heterocycles. The van der Waals surface area contributed by atoms with Gasteiger partial charge in [0.05, 0.1) is 0 Å². The Morgan fingerprint density at radius 1 is 1.35 bits per heavy atom. The topological polar surface area (TPSA) is 42.2 Å². The van der Waals surface area contributed by atoms with Crippen molar-refractivity contribution in [2.45, 2.75) is 44.3 Å². The van der Waals surface area contributed by atoms with Gasteiger partial charge in [0.25, 0.3) is 0 Å². The number of nitrogens with two attached hydrogens (primary N) is 1. The molecule has 0 radical (unpaired) electrons. The van der Waals surface area contributed by atoms with Crippen molar-refractivity contribution in [1.82, 2.24) is 9.88 Å². The van der Waals surface area contributed by atoms with Gasteiger partial charge in [-0.1, -0.05) is 0 Å². The lowest BCUT2D eigenvalue weighted by atomic mass is 9.91. The molecular formula is C13H20BrN3. The number of hydrogen-bond acceptors (Lipinski definition) is 3. The highest BCUT2D eigenvalue weighted by molar-refractivity contribution is 9.10. The Balaban J connectivity index is 1.90. The Morgan fingerprint density at radius 3 is 2.71 bits per heavy atom. The van der Waals surface area contributed by atoms with Crippen LogP contribution in [0.25, 0.3) is 0 Å². The van der Waals surface area contributed by atoms with Crippen molar-refractivity contribution >= 4 is 15.9 Å². The first-order valence-electron chi connectivity index (χ1n) is 6.20. The van der Waals surface area contributed by atoms with E-state index in [1.807, 2.05) is 12.4 Å². The lowest BCUT2D eigenvalue weighted by Gasteiger charge is -2.33. The van der Waals surface area contributed by atoms with Gasteiger partial charge in [-0.25, -0.2) is 0 Å². The fraction of sp³-hybridized carbons (Fsp3) is 0.615. The quantitative estimate of drug-likeness (QED) is 0.932. The zero-order chi connectivity index (χ0) is 12.3. The molecule has 0 spiro atoms. The van der Waals surface area contributed by atoms with E-state index in [9.17, 15) is 0 Å². The first-order valence-corrected chi connectivity index (χ1v) is 6.99. The third-order valence-electron chi connectivity index (χ3n) is 3.56. The summed E-state index contributed by atoms with van der Waals surface area (Å²) in [7, 11) is 2.20. The Kier molecular flexibility index (Phi) is 4.54. The highest BCUT2D eigenvalue weighted by Gasteiger charge is 2.21. The highest BCUT2D eigenvalue weighted by Crippen LogP contribution is 2.22. The van der Waals surface area contributed by atoms with Gasteiger partial charge in [0.2, 0.25) is 0 Å². The summed E-state index contributed by atoms with van der Waals surface area (Å²) in [5.41, 5.74) is 7.20. The molecule has 17 heavy (non-hydrogen) atoms. The van der Waals surface area contributed by atoms with Gasteiger partial charge in [-0.2, -0.15) is 0 Å². The molecule has 3 nitrogen and oxygen atoms in total. The second-order valence-electron chi connectivity index (χ2n) is 5.00. The third kappa shape index (κ3) is 3.76. The van der Waals surface area contributed by atoms with Crippen LogP contribution in [0.2, 0.25) is 0 Å². The van der Waals surface area contributed by atoms with E-state index >= 15 is 0 Å². The molecule has 0 amide bonds. The average Bonchev–Trinajstić information content (AvgIpc) is 2.29. The van der Waals surface area contributed by atoms with Gasteiger partial charge in [-0.15, -0.1) is 0 Å². The number of rotatable bonds is 3. The molecule has 0 atom stereocenters. The lowest BCUT2D eigenvalue weighted by Crippen LogP contribution is -2.38. The highest BCUT2D eigenvalue weighted by atomic mass is 79.9. The Hall–Kier alpha value is -0.450. The minimum atomic E-state index is 0.423. The van der Waals surface area contributed by atoms with Gasteiger partial charge in [-0.3, -0.25) is 9.88 Å². The molecule has 1 saturated carbocycles. The predicted molar refractivity (Wildman–Crippen MR) is 73.6 cm³/mol. The normalized spacial score (nSPS) is 25.2. The maximum atomic E-state index is 5.93. The largest absolute Gasteiger partial charge is 0.328 e. The second-order valence-corrected chi connectivity index (χ2v) is 5.91. The van der Waals surface area contributed by atoms with E-state index in [0.717, 1.165) is 23.9 Å². The van der Waals surface area contributed by atoms with Gasteiger partial charge in [0, 0.05) is 35.5 Å². The van der Waals surface area contributed by atoms with Crippen LogP contribution in [0.5, 0.6) is 0 Å². The molecule has 0 bridgehead atoms. The van der Waals surface area contributed by atoms with E-state index in [0.29, 0.717) is 12.1 Å². The van der Waals surface area contributed by atoms with E-state index in [-0.39, 0.29) is 0 Å². The third-order valence-corrected chi connectivity index (χ3v) is 3.99. The molecule has 1 aliphatic carbocycles. The van der Waals surface area contributed by atoms with Crippen molar-refractivity contribution in [3.63, 3.8) is 0 Å². The molecule has 1 aliphatic rings. The SMILES string of the molecule is CN(Cc1cncc(Br)c1)C1CCC(N)CC1. The van der Waals surface area contributed by atoms with Crippen LogP contribution in [-0.2, 0) is 6.54 Å². The summed E-state index contributed by atoms with van der Waals surface area (Å²) >= 11 is 3.46. The molecule has 2 N–H and O–H groups in total. The molecule has 1 fully saturated rings. The number of aromatic nitrogens is 1. The number of hydrogen-bond donors (Lipinski definition) is 1. The fourth-order valence-electron chi connectivity index (χ4n) is 2.50. The smallest absolute Gasteiger partial charge is 0.0410 e. The van der Waals surface area contributed by atoms with Crippen LogP contribution < -0.4 is 5.73 Å². The van der Waals surface area contributed by atoms with Crippen molar-refractivity contribution in [3.8, 4) is 0 Å². The van der Waals surface area contributed by atoms with Gasteiger partial charge < -0.3 is 5.73 Å². The van der Waals surface area contributed by atoms with Crippen molar-refractivity contribution < 1.29 is 0 Å². The zero-order valence-corrected chi connectivity index (χ0v) is 11.9. The zero-order valence-electron chi connectivity index (χ0n) is 10.3. The monoisotopic (exact) mass is 297 g/mol. The van der Waals surface area contributed by atoms with E-state index in [2.05, 4.69) is 38.9 Å². The molecule has 0 aromatic carbocycles. The van der Waals surface area contributed by atoms with Crippen LogP contribution in [-0.4, -0.2) is 29.0 Å². The summed E-state index contributed by atoms with van der Waals surface area (Å²) in [6, 6.07) is 3.24. The molecule has 0 aliphatic heterocycles. The van der Waals surface area contributed by atoms with Crippen molar-refractivity contribution in [2.24, 2.45) is 5.73 Å². The van der Waals surface area contributed by atoms with Gasteiger partial charge in [0.1, 0.15) is 0 Å². The van der Waals surface area contributed by atoms with Crippen molar-refractivity contribution in [2.75, 3.05) is 7.05 Å². The number of nitrogens with zero attached hydrogens (tertiary/aromatic N) is 2. The first-order chi connectivity index (χ1) is 8.15. The number of halogens is 1. The van der Waals surface area contributed by atoms with Gasteiger partial charge in [0.15, 0.2) is 0 Å². The molecule has 1 aromatic rings. The Labute approximate surface area is 112 Å². The minimum Gasteiger partial charge on any atom is -0.328 e. The van der Waals surface area contributed by atoms with Crippen LogP contribution in [0.15, 0.2) is 22.9 Å². The van der Waals surface area contributed by atoms with Crippen LogP contribution in [0, 0.1) is 0 Å². The van der Waals surface area contributed by atoms with E-state index in [4.69, 9.17) is 5.73 Å². The van der Waals surface area contributed by atoms with Crippen LogP contribution in [0.4, 0.5) is 0 Å². The van der Waals surface area contributed by atoms with Crippen molar-refractivity contribution in [3.05, 3.63) is 28.5 Å². The standard InChI is InChI=1S/C13H20BrN3/c1-17(13-4-2-12(15)3-5-13)9-10-6-11(14)8-16-7-10/h6-8,12-13H,2-5,9,15H2,1H3. The molecule has 4 heteroatoms. The average molecular weight is 298 g/mol. The summed E-state index contributed by atoms with van der Waals surface area (Å²) in [5, 5.41) is 0. The Morgan fingerprint density at radius 2 is 2.06 bits per heavy atom. The predicted octanol–water partition coefficient (Wildman–Crippen LogP) is 2.55. The summed E-state index contributed by atoms with van der Waals surface area (Å²) in [5.74, 6) is 0. The molecule has 1 aromatic heterocycles. The Bertz CT molecular complexity index is 361. The summed E-state index contributed by atoms with van der Waals surface area (Å²) in [6.45, 7) is 0.965. The molecule has 0 saturated heterocycles. The van der Waals surface area contributed by atoms with E-state index < -0.39 is 0 Å². The van der Waals surface area contributed by atoms with Crippen LogP contribution in [0.3, 0.4) is 0 Å². The van der Waals surface area contributed by atoms with E-state index in [1.54, 1.807) is 0 Å². The van der Waals surface area contributed by atoms with Crippen LogP contribution >= 0.6 is 15.9 Å². The van der Waals surface area contributed by atoms with Gasteiger partial charge >= 0.3 is 0 Å².